The third-order valence-corrected chi connectivity index (χ3v) is 10.8. The summed E-state index contributed by atoms with van der Waals surface area (Å²) in [4.78, 5) is 37.1. The van der Waals surface area contributed by atoms with Crippen LogP contribution in [0.4, 0.5) is 0 Å². The van der Waals surface area contributed by atoms with E-state index in [4.69, 9.17) is 18.9 Å². The summed E-state index contributed by atoms with van der Waals surface area (Å²) in [6, 6.07) is 0. The maximum absolute atomic E-state index is 12.8. The Morgan fingerprint density at radius 1 is 0.500 bits per heavy atom. The molecule has 0 amide bonds. The second-order valence-electron chi connectivity index (χ2n) is 17.8. The van der Waals surface area contributed by atoms with Crippen LogP contribution in [-0.4, -0.2) is 87.4 Å². The van der Waals surface area contributed by atoms with Gasteiger partial charge >= 0.3 is 17.9 Å². The molecule has 0 radical (unpaired) electrons. The molecular weight excluding hydrogens is 731 g/mol. The van der Waals surface area contributed by atoms with Gasteiger partial charge < -0.3 is 28.5 Å². The molecule has 0 aliphatic carbocycles. The van der Waals surface area contributed by atoms with Crippen molar-refractivity contribution in [3.63, 3.8) is 0 Å². The van der Waals surface area contributed by atoms with E-state index in [9.17, 15) is 19.5 Å². The summed E-state index contributed by atoms with van der Waals surface area (Å²) in [6.07, 6.45) is 41.3. The number of nitrogens with zero attached hydrogens (tertiary/aromatic N) is 1. The van der Waals surface area contributed by atoms with Crippen LogP contribution in [0.25, 0.3) is 0 Å². The molecule has 0 aromatic rings. The zero-order valence-corrected chi connectivity index (χ0v) is 38.7. The fourth-order valence-electron chi connectivity index (χ4n) is 6.95. The highest BCUT2D eigenvalue weighted by molar-refractivity contribution is 5.71. The molecule has 0 aromatic heterocycles. The molecule has 9 nitrogen and oxygen atoms in total. The first-order valence-electron chi connectivity index (χ1n) is 24.4. The molecule has 0 spiro atoms. The third kappa shape index (κ3) is 42.2. The number of carbonyl (C=O) groups excluding carboxylic acids is 2. The van der Waals surface area contributed by atoms with Crippen LogP contribution in [0.3, 0.4) is 0 Å². The number of allylic oxidation sites excluding steroid dienone is 2. The number of ether oxygens (including phenoxy) is 4. The van der Waals surface area contributed by atoms with Gasteiger partial charge in [0.1, 0.15) is 13.2 Å². The van der Waals surface area contributed by atoms with Crippen molar-refractivity contribution in [2.45, 2.75) is 238 Å². The van der Waals surface area contributed by atoms with Crippen LogP contribution in [0.15, 0.2) is 12.2 Å². The molecule has 0 saturated heterocycles. The van der Waals surface area contributed by atoms with Crippen LogP contribution in [0, 0.1) is 0 Å². The third-order valence-electron chi connectivity index (χ3n) is 10.8. The number of carboxylic acid groups (broad SMARTS) is 1. The van der Waals surface area contributed by atoms with Gasteiger partial charge in [-0.2, -0.15) is 0 Å². The fraction of sp³-hybridized carbons (Fsp3) is 0.898. The quantitative estimate of drug-likeness (QED) is 0.0213. The smallest absolute Gasteiger partial charge is 0.361 e. The fourth-order valence-corrected chi connectivity index (χ4v) is 6.95. The lowest BCUT2D eigenvalue weighted by Gasteiger charge is -2.25. The molecule has 0 aliphatic rings. The second-order valence-corrected chi connectivity index (χ2v) is 17.8. The van der Waals surface area contributed by atoms with Crippen LogP contribution in [0.2, 0.25) is 0 Å². The highest BCUT2D eigenvalue weighted by atomic mass is 16.7. The highest BCUT2D eigenvalue weighted by Gasteiger charge is 2.25. The number of aliphatic carboxylic acids is 1. The van der Waals surface area contributed by atoms with Gasteiger partial charge in [-0.15, -0.1) is 0 Å². The summed E-state index contributed by atoms with van der Waals surface area (Å²) in [5.74, 6) is -2.00. The number of carbonyl (C=O) groups is 3. The van der Waals surface area contributed by atoms with E-state index in [2.05, 4.69) is 26.0 Å². The van der Waals surface area contributed by atoms with Gasteiger partial charge in [0.2, 0.25) is 0 Å². The first-order chi connectivity index (χ1) is 28.1. The average Bonchev–Trinajstić information content (AvgIpc) is 3.18. The molecule has 0 rings (SSSR count). The molecule has 0 aliphatic heterocycles. The Kier molecular flexibility index (Phi) is 40.3. The lowest BCUT2D eigenvalue weighted by atomic mass is 10.0. The Hall–Kier alpha value is -1.97. The highest BCUT2D eigenvalue weighted by Crippen LogP contribution is 2.16. The molecule has 0 aromatic carbocycles. The van der Waals surface area contributed by atoms with E-state index in [1.165, 1.54) is 141 Å². The van der Waals surface area contributed by atoms with Crippen molar-refractivity contribution in [2.75, 3.05) is 47.5 Å². The number of rotatable bonds is 45. The molecule has 0 fully saturated rings. The Morgan fingerprint density at radius 2 is 0.879 bits per heavy atom. The van der Waals surface area contributed by atoms with Crippen LogP contribution in [0.5, 0.6) is 0 Å². The van der Waals surface area contributed by atoms with Gasteiger partial charge in [0.05, 0.1) is 34.4 Å². The minimum absolute atomic E-state index is 0.179. The van der Waals surface area contributed by atoms with E-state index in [1.54, 1.807) is 0 Å². The number of unbranched alkanes of at least 4 members (excludes halogenated alkanes) is 28. The first kappa shape index (κ1) is 56.0. The Morgan fingerprint density at radius 3 is 1.29 bits per heavy atom. The second kappa shape index (κ2) is 41.8. The molecule has 0 bridgehead atoms. The monoisotopic (exact) mass is 825 g/mol. The summed E-state index contributed by atoms with van der Waals surface area (Å²) in [5, 5.41) is 9.64. The van der Waals surface area contributed by atoms with E-state index >= 15 is 0 Å². The van der Waals surface area contributed by atoms with Crippen molar-refractivity contribution >= 4 is 17.9 Å². The van der Waals surface area contributed by atoms with Gasteiger partial charge in [-0.25, -0.2) is 4.79 Å². The largest absolute Gasteiger partial charge is 0.477 e. The Labute approximate surface area is 357 Å². The van der Waals surface area contributed by atoms with Crippen molar-refractivity contribution in [1.29, 1.82) is 0 Å². The minimum Gasteiger partial charge on any atom is -0.477 e. The van der Waals surface area contributed by atoms with Gasteiger partial charge in [0.25, 0.3) is 6.29 Å². The molecule has 58 heavy (non-hydrogen) atoms. The van der Waals surface area contributed by atoms with Gasteiger partial charge in [-0.1, -0.05) is 187 Å². The molecule has 1 N–H and O–H groups in total. The van der Waals surface area contributed by atoms with Crippen molar-refractivity contribution in [3.8, 4) is 0 Å². The van der Waals surface area contributed by atoms with Gasteiger partial charge in [0, 0.05) is 12.8 Å². The van der Waals surface area contributed by atoms with Crippen molar-refractivity contribution in [3.05, 3.63) is 12.2 Å². The normalized spacial score (nSPS) is 12.9. The van der Waals surface area contributed by atoms with E-state index in [1.807, 2.05) is 21.1 Å². The Balaban J connectivity index is 4.30. The molecule has 2 unspecified atom stereocenters. The van der Waals surface area contributed by atoms with Crippen molar-refractivity contribution < 1.29 is 42.9 Å². The van der Waals surface area contributed by atoms with Gasteiger partial charge in [-0.05, 0) is 38.5 Å². The van der Waals surface area contributed by atoms with E-state index in [0.717, 1.165) is 51.4 Å². The maximum Gasteiger partial charge on any atom is 0.361 e. The molecule has 2 atom stereocenters. The Bertz CT molecular complexity index is 965. The van der Waals surface area contributed by atoms with E-state index in [-0.39, 0.29) is 32.2 Å². The molecule has 9 heteroatoms. The van der Waals surface area contributed by atoms with Crippen molar-refractivity contribution in [1.82, 2.24) is 0 Å². The number of hydrogen-bond acceptors (Lipinski definition) is 7. The maximum atomic E-state index is 12.8. The van der Waals surface area contributed by atoms with Gasteiger partial charge in [-0.3, -0.25) is 9.59 Å². The van der Waals surface area contributed by atoms with Crippen LogP contribution in [0.1, 0.15) is 226 Å². The predicted octanol–water partition coefficient (Wildman–Crippen LogP) is 13.1. The SMILES string of the molecule is CCCCCC/C=C\CCCCCCCC(=O)OC(COC(=O)CCCCCCCCCCCCCCCCCCCCCC)COC(OCC[N+](C)(C)C)C(=O)O. The lowest BCUT2D eigenvalue weighted by molar-refractivity contribution is -0.870. The van der Waals surface area contributed by atoms with Gasteiger partial charge in [0.15, 0.2) is 6.10 Å². The average molecular weight is 825 g/mol. The number of esters is 2. The summed E-state index contributed by atoms with van der Waals surface area (Å²) < 4.78 is 22.8. The molecule has 342 valence electrons. The van der Waals surface area contributed by atoms with Crippen LogP contribution in [-0.2, 0) is 33.3 Å². The van der Waals surface area contributed by atoms with E-state index in [0.29, 0.717) is 23.9 Å². The summed E-state index contributed by atoms with van der Waals surface area (Å²) in [7, 11) is 5.96. The zero-order valence-electron chi connectivity index (χ0n) is 38.7. The summed E-state index contributed by atoms with van der Waals surface area (Å²) in [5.41, 5.74) is 0. The number of likely N-dealkylation sites (N-methyl/N-ethyl adjacent to an activating group) is 1. The van der Waals surface area contributed by atoms with Crippen LogP contribution < -0.4 is 0 Å². The van der Waals surface area contributed by atoms with Crippen LogP contribution >= 0.6 is 0 Å². The lowest BCUT2D eigenvalue weighted by Crippen LogP contribution is -2.40. The minimum atomic E-state index is -1.51. The zero-order chi connectivity index (χ0) is 42.8. The summed E-state index contributed by atoms with van der Waals surface area (Å²) >= 11 is 0. The van der Waals surface area contributed by atoms with Crippen molar-refractivity contribution in [2.24, 2.45) is 0 Å². The number of quaternary nitrogens is 1. The number of hydrogen-bond donors (Lipinski definition) is 1. The predicted molar refractivity (Wildman–Crippen MR) is 240 cm³/mol. The topological polar surface area (TPSA) is 108 Å². The molecular formula is C49H94NO8+. The molecule has 0 heterocycles. The standard InChI is InChI=1S/C49H93NO8/c1-6-8-10-12-14-16-18-20-21-22-23-24-25-26-28-29-31-33-35-37-39-46(51)56-43-45(44-57-49(48(53)54)55-42-41-50(3,4)5)58-47(52)40-38-36-34-32-30-27-19-17-15-13-11-9-7-2/h17,19,45,49H,6-16,18,20-44H2,1-5H3/p+1/b19-17-. The summed E-state index contributed by atoms with van der Waals surface area (Å²) in [6.45, 7) is 4.88. The molecule has 0 saturated carbocycles. The van der Waals surface area contributed by atoms with E-state index < -0.39 is 24.3 Å². The number of carboxylic acids is 1. The first-order valence-corrected chi connectivity index (χ1v) is 24.4.